The van der Waals surface area contributed by atoms with Crippen LogP contribution in [0.25, 0.3) is 0 Å². The summed E-state index contributed by atoms with van der Waals surface area (Å²) in [6.45, 7) is 2.91. The number of nitrogens with zero attached hydrogens (tertiary/aromatic N) is 1. The number of nitrogens with one attached hydrogen (secondary N) is 1. The minimum absolute atomic E-state index is 0.305. The van der Waals surface area contributed by atoms with Gasteiger partial charge in [0, 0.05) is 6.07 Å². The van der Waals surface area contributed by atoms with E-state index in [9.17, 15) is 4.79 Å². The zero-order valence-corrected chi connectivity index (χ0v) is 19.2. The van der Waals surface area contributed by atoms with Crippen molar-refractivity contribution >= 4 is 15.9 Å². The van der Waals surface area contributed by atoms with Crippen molar-refractivity contribution in [2.75, 3.05) is 0 Å². The molecule has 0 radical (unpaired) electrons. The van der Waals surface area contributed by atoms with E-state index in [1.54, 1.807) is 0 Å². The normalized spacial score (nSPS) is 10.8. The van der Waals surface area contributed by atoms with Crippen LogP contribution < -0.4 is 15.2 Å². The Balaban J connectivity index is 1.68. The Kier molecular flexibility index (Phi) is 7.07. The summed E-state index contributed by atoms with van der Waals surface area (Å²) >= 11 is 3.70. The Morgan fingerprint density at radius 2 is 1.50 bits per heavy atom. The molecule has 0 amide bonds. The first-order chi connectivity index (χ1) is 15.6. The molecule has 0 saturated heterocycles. The van der Waals surface area contributed by atoms with Crippen molar-refractivity contribution in [2.24, 2.45) is 0 Å². The van der Waals surface area contributed by atoms with Crippen molar-refractivity contribution in [3.63, 3.8) is 0 Å². The summed E-state index contributed by atoms with van der Waals surface area (Å²) in [5.41, 5.74) is 4.05. The molecule has 1 heterocycles. The van der Waals surface area contributed by atoms with Crippen LogP contribution in [0.3, 0.4) is 0 Å². The summed E-state index contributed by atoms with van der Waals surface area (Å²) in [7, 11) is 0. The molecule has 0 aliphatic heterocycles. The average Bonchev–Trinajstić information content (AvgIpc) is 3.24. The maximum absolute atomic E-state index is 11.4. The van der Waals surface area contributed by atoms with Gasteiger partial charge in [-0.1, -0.05) is 67.6 Å². The second-order valence-electron chi connectivity index (χ2n) is 7.23. The van der Waals surface area contributed by atoms with Crippen molar-refractivity contribution in [1.29, 1.82) is 0 Å². The molecule has 1 aromatic heterocycles. The number of aromatic nitrogens is 2. The molecular formula is C25H23BrN2O4. The van der Waals surface area contributed by atoms with Crippen LogP contribution in [0.15, 0.2) is 80.4 Å². The van der Waals surface area contributed by atoms with Gasteiger partial charge in [-0.3, -0.25) is 0 Å². The van der Waals surface area contributed by atoms with Crippen LogP contribution in [-0.2, 0) is 26.1 Å². The minimum Gasteiger partial charge on any atom is -0.488 e. The van der Waals surface area contributed by atoms with Crippen LogP contribution in [0.2, 0.25) is 0 Å². The predicted molar refractivity (Wildman–Crippen MR) is 125 cm³/mol. The molecule has 0 aliphatic carbocycles. The molecule has 0 saturated carbocycles. The molecule has 6 nitrogen and oxygen atoms in total. The Hall–Kier alpha value is -3.32. The summed E-state index contributed by atoms with van der Waals surface area (Å²) in [6, 6.07) is 21.9. The molecule has 0 aliphatic rings. The van der Waals surface area contributed by atoms with Crippen molar-refractivity contribution in [2.45, 2.75) is 33.0 Å². The van der Waals surface area contributed by atoms with Gasteiger partial charge in [0.2, 0.25) is 5.89 Å². The molecular weight excluding hydrogens is 472 g/mol. The van der Waals surface area contributed by atoms with E-state index in [0.717, 1.165) is 38.9 Å². The highest BCUT2D eigenvalue weighted by Crippen LogP contribution is 2.39. The first kappa shape index (κ1) is 21.9. The van der Waals surface area contributed by atoms with E-state index >= 15 is 0 Å². The smallest absolute Gasteiger partial charge is 0.434 e. The fraction of sp³-hybridized carbons (Fsp3) is 0.200. The minimum atomic E-state index is -0.578. The molecule has 3 aromatic carbocycles. The lowest BCUT2D eigenvalue weighted by atomic mass is 10.0. The van der Waals surface area contributed by atoms with Gasteiger partial charge in [-0.05, 0) is 44.6 Å². The van der Waals surface area contributed by atoms with Gasteiger partial charge < -0.3 is 13.9 Å². The number of rotatable bonds is 9. The molecule has 1 N–H and O–H groups in total. The van der Waals surface area contributed by atoms with Gasteiger partial charge in [-0.2, -0.15) is 0 Å². The van der Waals surface area contributed by atoms with Crippen LogP contribution in [0.4, 0.5) is 0 Å². The summed E-state index contributed by atoms with van der Waals surface area (Å²) in [6.07, 6.45) is 1.05. The third kappa shape index (κ3) is 5.29. The van der Waals surface area contributed by atoms with Crippen molar-refractivity contribution in [3.8, 4) is 11.5 Å². The van der Waals surface area contributed by atoms with Gasteiger partial charge in [0.05, 0.1) is 10.9 Å². The van der Waals surface area contributed by atoms with E-state index in [1.165, 1.54) is 0 Å². The van der Waals surface area contributed by atoms with E-state index in [-0.39, 0.29) is 0 Å². The maximum atomic E-state index is 11.4. The molecule has 7 heteroatoms. The second kappa shape index (κ2) is 10.3. The van der Waals surface area contributed by atoms with E-state index in [0.29, 0.717) is 31.3 Å². The first-order valence-corrected chi connectivity index (χ1v) is 11.2. The third-order valence-electron chi connectivity index (χ3n) is 5.04. The molecule has 0 unspecified atom stereocenters. The van der Waals surface area contributed by atoms with Gasteiger partial charge in [-0.25, -0.2) is 9.89 Å². The van der Waals surface area contributed by atoms with Crippen molar-refractivity contribution in [1.82, 2.24) is 10.2 Å². The number of halogens is 1. The summed E-state index contributed by atoms with van der Waals surface area (Å²) in [5, 5.41) is 6.29. The second-order valence-corrected chi connectivity index (χ2v) is 8.02. The molecule has 0 atom stereocenters. The van der Waals surface area contributed by atoms with E-state index in [2.05, 4.69) is 33.1 Å². The predicted octanol–water partition coefficient (Wildman–Crippen LogP) is 5.44. The lowest BCUT2D eigenvalue weighted by Gasteiger charge is -2.19. The standard InChI is InChI=1S/C25H23BrN2O4/c1-2-19-20(13-23-27-28-25(29)32-23)24(26)22(31-16-18-11-7-4-8-12-18)14-21(19)30-15-17-9-5-3-6-10-17/h3-12,14H,2,13,15-16H2,1H3,(H,28,29). The zero-order valence-electron chi connectivity index (χ0n) is 17.6. The molecule has 4 aromatic rings. The Labute approximate surface area is 194 Å². The van der Waals surface area contributed by atoms with Crippen LogP contribution in [0.1, 0.15) is 35.1 Å². The van der Waals surface area contributed by atoms with E-state index in [4.69, 9.17) is 13.9 Å². The number of hydrogen-bond donors (Lipinski definition) is 1. The Morgan fingerprint density at radius 1 is 0.906 bits per heavy atom. The number of ether oxygens (including phenoxy) is 2. The average molecular weight is 495 g/mol. The fourth-order valence-electron chi connectivity index (χ4n) is 3.46. The monoisotopic (exact) mass is 494 g/mol. The largest absolute Gasteiger partial charge is 0.488 e. The molecule has 0 spiro atoms. The molecule has 0 bridgehead atoms. The molecule has 164 valence electrons. The summed E-state index contributed by atoms with van der Waals surface area (Å²) in [4.78, 5) is 11.4. The lowest BCUT2D eigenvalue weighted by molar-refractivity contribution is 0.286. The fourth-order valence-corrected chi connectivity index (χ4v) is 4.07. The topological polar surface area (TPSA) is 77.4 Å². The highest BCUT2D eigenvalue weighted by Gasteiger charge is 2.20. The summed E-state index contributed by atoms with van der Waals surface area (Å²) < 4.78 is 18.3. The van der Waals surface area contributed by atoms with Gasteiger partial charge in [-0.15, -0.1) is 5.10 Å². The van der Waals surface area contributed by atoms with Gasteiger partial charge in [0.1, 0.15) is 24.7 Å². The van der Waals surface area contributed by atoms with Gasteiger partial charge in [0.25, 0.3) is 0 Å². The Morgan fingerprint density at radius 3 is 2.03 bits per heavy atom. The molecule has 4 rings (SSSR count). The number of benzene rings is 3. The zero-order chi connectivity index (χ0) is 22.3. The lowest BCUT2D eigenvalue weighted by Crippen LogP contribution is -2.06. The maximum Gasteiger partial charge on any atom is 0.434 e. The Bertz CT molecular complexity index is 1220. The van der Waals surface area contributed by atoms with Crippen LogP contribution >= 0.6 is 15.9 Å². The van der Waals surface area contributed by atoms with E-state index < -0.39 is 5.76 Å². The summed E-state index contributed by atoms with van der Waals surface area (Å²) in [5.74, 6) is 1.11. The molecule has 32 heavy (non-hydrogen) atoms. The van der Waals surface area contributed by atoms with Crippen LogP contribution in [-0.4, -0.2) is 10.2 Å². The van der Waals surface area contributed by atoms with Crippen molar-refractivity contribution in [3.05, 3.63) is 110 Å². The first-order valence-electron chi connectivity index (χ1n) is 10.4. The van der Waals surface area contributed by atoms with Crippen LogP contribution in [0, 0.1) is 0 Å². The third-order valence-corrected chi connectivity index (χ3v) is 5.91. The number of aromatic amines is 1. The highest BCUT2D eigenvalue weighted by atomic mass is 79.9. The quantitative estimate of drug-likeness (QED) is 0.335. The van der Waals surface area contributed by atoms with Crippen LogP contribution in [0.5, 0.6) is 11.5 Å². The molecule has 0 fully saturated rings. The van der Waals surface area contributed by atoms with E-state index in [1.807, 2.05) is 66.7 Å². The highest BCUT2D eigenvalue weighted by molar-refractivity contribution is 9.10. The van der Waals surface area contributed by atoms with Crippen molar-refractivity contribution < 1.29 is 13.9 Å². The number of hydrogen-bond acceptors (Lipinski definition) is 5. The number of H-pyrrole nitrogens is 1. The van der Waals surface area contributed by atoms with Gasteiger partial charge >= 0.3 is 5.76 Å². The SMILES string of the molecule is CCc1c(OCc2ccccc2)cc(OCc2ccccc2)c(Br)c1Cc1n[nH]c(=O)o1. The van der Waals surface area contributed by atoms with Gasteiger partial charge in [0.15, 0.2) is 0 Å².